The van der Waals surface area contributed by atoms with Gasteiger partial charge in [-0.1, -0.05) is 6.07 Å². The standard InChI is InChI=1S/C19H13N3O3S/c1-25-17-5-3-12(10-21-17)13-6-7-20-15-4-2-11(8-14(13)15)9-16-18(23)22-19(24)26-16/h2-10H,1H3,(H,22,23,24). The summed E-state index contributed by atoms with van der Waals surface area (Å²) in [5, 5.41) is 2.84. The maximum atomic E-state index is 11.7. The molecular formula is C19H13N3O3S. The van der Waals surface area contributed by atoms with E-state index in [1.165, 1.54) is 0 Å². The first-order valence-electron chi connectivity index (χ1n) is 7.78. The Hall–Kier alpha value is -3.19. The minimum absolute atomic E-state index is 0.353. The zero-order valence-electron chi connectivity index (χ0n) is 13.7. The first-order valence-corrected chi connectivity index (χ1v) is 8.60. The lowest BCUT2D eigenvalue weighted by Crippen LogP contribution is -2.17. The first-order chi connectivity index (χ1) is 12.6. The minimum atomic E-state index is -0.370. The molecule has 0 aliphatic carbocycles. The topological polar surface area (TPSA) is 81.2 Å². The third-order valence-electron chi connectivity index (χ3n) is 3.96. The van der Waals surface area contributed by atoms with Crippen LogP contribution in [0.25, 0.3) is 28.1 Å². The van der Waals surface area contributed by atoms with E-state index < -0.39 is 0 Å². The summed E-state index contributed by atoms with van der Waals surface area (Å²) in [5.74, 6) is 0.178. The summed E-state index contributed by atoms with van der Waals surface area (Å²) >= 11 is 0.901. The van der Waals surface area contributed by atoms with Gasteiger partial charge in [0.05, 0.1) is 17.5 Å². The van der Waals surface area contributed by atoms with Crippen molar-refractivity contribution in [3.8, 4) is 17.0 Å². The van der Waals surface area contributed by atoms with Gasteiger partial charge < -0.3 is 4.74 Å². The highest BCUT2D eigenvalue weighted by molar-refractivity contribution is 8.18. The molecule has 0 atom stereocenters. The first kappa shape index (κ1) is 16.3. The monoisotopic (exact) mass is 363 g/mol. The fourth-order valence-electron chi connectivity index (χ4n) is 2.74. The Labute approximate surface area is 153 Å². The third-order valence-corrected chi connectivity index (χ3v) is 4.77. The van der Waals surface area contributed by atoms with E-state index in [-0.39, 0.29) is 11.1 Å². The van der Waals surface area contributed by atoms with Crippen LogP contribution < -0.4 is 10.1 Å². The second kappa shape index (κ2) is 6.61. The summed E-state index contributed by atoms with van der Waals surface area (Å²) < 4.78 is 5.11. The van der Waals surface area contributed by atoms with E-state index in [1.807, 2.05) is 30.3 Å². The molecule has 7 heteroatoms. The second-order valence-corrected chi connectivity index (χ2v) is 6.59. The van der Waals surface area contributed by atoms with Crippen molar-refractivity contribution in [1.29, 1.82) is 0 Å². The van der Waals surface area contributed by atoms with Crippen molar-refractivity contribution in [3.05, 3.63) is 59.3 Å². The van der Waals surface area contributed by atoms with Gasteiger partial charge >= 0.3 is 0 Å². The van der Waals surface area contributed by atoms with Crippen molar-refractivity contribution in [2.24, 2.45) is 0 Å². The van der Waals surface area contributed by atoms with E-state index in [0.717, 1.165) is 39.4 Å². The predicted molar refractivity (Wildman–Crippen MR) is 101 cm³/mol. The van der Waals surface area contributed by atoms with Crippen LogP contribution in [0.3, 0.4) is 0 Å². The Balaban J connectivity index is 1.80. The number of amides is 2. The molecule has 0 bridgehead atoms. The van der Waals surface area contributed by atoms with Gasteiger partial charge in [0.15, 0.2) is 0 Å². The number of thioether (sulfide) groups is 1. The number of methoxy groups -OCH3 is 1. The number of pyridine rings is 2. The molecule has 1 N–H and O–H groups in total. The van der Waals surface area contributed by atoms with Gasteiger partial charge in [0, 0.05) is 29.4 Å². The number of rotatable bonds is 3. The molecule has 1 saturated heterocycles. The van der Waals surface area contributed by atoms with E-state index in [9.17, 15) is 9.59 Å². The van der Waals surface area contributed by atoms with Crippen LogP contribution in [0.2, 0.25) is 0 Å². The van der Waals surface area contributed by atoms with E-state index in [2.05, 4.69) is 15.3 Å². The number of fused-ring (bicyclic) bond motifs is 1. The van der Waals surface area contributed by atoms with Crippen molar-refractivity contribution < 1.29 is 14.3 Å². The van der Waals surface area contributed by atoms with Crippen LogP contribution in [0.15, 0.2) is 53.7 Å². The average Bonchev–Trinajstić information content (AvgIpc) is 2.98. The van der Waals surface area contributed by atoms with Gasteiger partial charge in [0.25, 0.3) is 11.1 Å². The van der Waals surface area contributed by atoms with E-state index in [4.69, 9.17) is 4.74 Å². The summed E-state index contributed by atoms with van der Waals surface area (Å²) in [4.78, 5) is 32.1. The lowest BCUT2D eigenvalue weighted by Gasteiger charge is -2.08. The van der Waals surface area contributed by atoms with E-state index in [1.54, 1.807) is 31.6 Å². The van der Waals surface area contributed by atoms with Crippen LogP contribution >= 0.6 is 11.8 Å². The van der Waals surface area contributed by atoms with Crippen molar-refractivity contribution >= 4 is 39.9 Å². The number of aromatic nitrogens is 2. The Bertz CT molecular complexity index is 1060. The molecule has 0 radical (unpaired) electrons. The van der Waals surface area contributed by atoms with E-state index in [0.29, 0.717) is 10.8 Å². The number of benzene rings is 1. The summed E-state index contributed by atoms with van der Waals surface area (Å²) in [7, 11) is 1.57. The number of imide groups is 1. The number of nitrogens with zero attached hydrogens (tertiary/aromatic N) is 2. The number of carbonyl (C=O) groups excluding carboxylic acids is 2. The zero-order chi connectivity index (χ0) is 18.1. The number of ether oxygens (including phenoxy) is 1. The quantitative estimate of drug-likeness (QED) is 0.716. The molecule has 1 aromatic carbocycles. The van der Waals surface area contributed by atoms with Gasteiger partial charge in [0.1, 0.15) is 0 Å². The summed E-state index contributed by atoms with van der Waals surface area (Å²) in [6, 6.07) is 11.4. The molecule has 128 valence electrons. The maximum absolute atomic E-state index is 11.7. The zero-order valence-corrected chi connectivity index (χ0v) is 14.5. The Morgan fingerprint density at radius 2 is 2.00 bits per heavy atom. The normalized spacial score (nSPS) is 15.5. The highest BCUT2D eigenvalue weighted by Crippen LogP contribution is 2.31. The number of hydrogen-bond donors (Lipinski definition) is 1. The van der Waals surface area contributed by atoms with Gasteiger partial charge in [-0.15, -0.1) is 0 Å². The number of carbonyl (C=O) groups is 2. The molecule has 0 unspecified atom stereocenters. The second-order valence-electron chi connectivity index (χ2n) is 5.58. The molecule has 0 spiro atoms. The lowest BCUT2D eigenvalue weighted by molar-refractivity contribution is -0.115. The largest absolute Gasteiger partial charge is 0.481 e. The summed E-state index contributed by atoms with van der Waals surface area (Å²) in [5.41, 5.74) is 3.57. The van der Waals surface area contributed by atoms with Gasteiger partial charge in [-0.05, 0) is 53.2 Å². The fourth-order valence-corrected chi connectivity index (χ4v) is 3.42. The van der Waals surface area contributed by atoms with Crippen LogP contribution in [0.1, 0.15) is 5.56 Å². The SMILES string of the molecule is COc1ccc(-c2ccnc3ccc(C=C4SC(=O)NC4=O)cc23)cn1. The summed E-state index contributed by atoms with van der Waals surface area (Å²) in [6.07, 6.45) is 5.20. The molecule has 1 fully saturated rings. The highest BCUT2D eigenvalue weighted by Gasteiger charge is 2.24. The molecule has 2 amide bonds. The molecule has 1 aliphatic rings. The Morgan fingerprint density at radius 1 is 1.12 bits per heavy atom. The molecule has 6 nitrogen and oxygen atoms in total. The highest BCUT2D eigenvalue weighted by atomic mass is 32.2. The van der Waals surface area contributed by atoms with Crippen LogP contribution in [0, 0.1) is 0 Å². The minimum Gasteiger partial charge on any atom is -0.481 e. The van der Waals surface area contributed by atoms with Crippen molar-refractivity contribution in [1.82, 2.24) is 15.3 Å². The van der Waals surface area contributed by atoms with Gasteiger partial charge in [-0.2, -0.15) is 0 Å². The van der Waals surface area contributed by atoms with Gasteiger partial charge in [-0.3, -0.25) is 19.9 Å². The summed E-state index contributed by atoms with van der Waals surface area (Å²) in [6.45, 7) is 0. The third kappa shape index (κ3) is 3.04. The molecular weight excluding hydrogens is 350 g/mol. The van der Waals surface area contributed by atoms with Crippen molar-refractivity contribution in [3.63, 3.8) is 0 Å². The smallest absolute Gasteiger partial charge is 0.290 e. The predicted octanol–water partition coefficient (Wildman–Crippen LogP) is 3.63. The van der Waals surface area contributed by atoms with Crippen molar-refractivity contribution in [2.45, 2.75) is 0 Å². The molecule has 26 heavy (non-hydrogen) atoms. The maximum Gasteiger partial charge on any atom is 0.290 e. The lowest BCUT2D eigenvalue weighted by atomic mass is 10.0. The average molecular weight is 363 g/mol. The van der Waals surface area contributed by atoms with Crippen LogP contribution in [-0.2, 0) is 4.79 Å². The molecule has 3 aromatic rings. The molecule has 3 heterocycles. The molecule has 2 aromatic heterocycles. The fraction of sp³-hybridized carbons (Fsp3) is 0.0526. The number of nitrogens with one attached hydrogen (secondary N) is 1. The van der Waals surface area contributed by atoms with E-state index >= 15 is 0 Å². The van der Waals surface area contributed by atoms with Gasteiger partial charge in [0.2, 0.25) is 5.88 Å². The van der Waals surface area contributed by atoms with Crippen LogP contribution in [-0.4, -0.2) is 28.2 Å². The number of hydrogen-bond acceptors (Lipinski definition) is 6. The Morgan fingerprint density at radius 3 is 2.69 bits per heavy atom. The van der Waals surface area contributed by atoms with Crippen LogP contribution in [0.4, 0.5) is 4.79 Å². The van der Waals surface area contributed by atoms with Crippen LogP contribution in [0.5, 0.6) is 5.88 Å². The van der Waals surface area contributed by atoms with Gasteiger partial charge in [-0.25, -0.2) is 4.98 Å². The molecule has 0 saturated carbocycles. The molecule has 4 rings (SSSR count). The van der Waals surface area contributed by atoms with Crippen molar-refractivity contribution in [2.75, 3.05) is 7.11 Å². The Kier molecular flexibility index (Phi) is 4.14. The molecule has 1 aliphatic heterocycles.